The van der Waals surface area contributed by atoms with E-state index >= 15 is 0 Å². The molecule has 1 aliphatic heterocycles. The van der Waals surface area contributed by atoms with Gasteiger partial charge in [0.2, 0.25) is 0 Å². The predicted molar refractivity (Wildman–Crippen MR) is 97.9 cm³/mol. The lowest BCUT2D eigenvalue weighted by Crippen LogP contribution is -2.50. The summed E-state index contributed by atoms with van der Waals surface area (Å²) in [6, 6.07) is 10.6. The van der Waals surface area contributed by atoms with Crippen LogP contribution in [0.4, 0.5) is 0 Å². The van der Waals surface area contributed by atoms with Gasteiger partial charge in [-0.05, 0) is 43.3 Å². The molecule has 0 bridgehead atoms. The Morgan fingerprint density at radius 2 is 1.67 bits per heavy atom. The van der Waals surface area contributed by atoms with Gasteiger partial charge in [0, 0.05) is 41.1 Å². The second-order valence-corrected chi connectivity index (χ2v) is 9.94. The Kier molecular flexibility index (Phi) is 5.10. The van der Waals surface area contributed by atoms with Gasteiger partial charge in [0.05, 0.1) is 0 Å². The fourth-order valence-corrected chi connectivity index (χ4v) is 5.71. The minimum Gasteiger partial charge on any atom is -0.336 e. The fourth-order valence-electron chi connectivity index (χ4n) is 2.58. The first-order valence-corrected chi connectivity index (χ1v) is 10.5. The molecular formula is C16H17BrN2O3S2. The van der Waals surface area contributed by atoms with E-state index in [1.807, 2.05) is 25.1 Å². The number of carbonyl (C=O) groups is 1. The van der Waals surface area contributed by atoms with Gasteiger partial charge >= 0.3 is 0 Å². The average molecular weight is 429 g/mol. The number of sulfonamides is 1. The van der Waals surface area contributed by atoms with Gasteiger partial charge in [0.15, 0.2) is 0 Å². The fraction of sp³-hybridized carbons (Fsp3) is 0.312. The third kappa shape index (κ3) is 3.56. The Hall–Kier alpha value is -1.22. The number of rotatable bonds is 3. The minimum atomic E-state index is -3.45. The highest BCUT2D eigenvalue weighted by Crippen LogP contribution is 2.25. The summed E-state index contributed by atoms with van der Waals surface area (Å²) < 4.78 is 28.0. The van der Waals surface area contributed by atoms with E-state index in [1.54, 1.807) is 23.1 Å². The molecule has 2 heterocycles. The van der Waals surface area contributed by atoms with Crippen molar-refractivity contribution in [3.05, 3.63) is 51.3 Å². The third-order valence-electron chi connectivity index (χ3n) is 3.93. The maximum absolute atomic E-state index is 12.6. The molecule has 0 spiro atoms. The number of hydrogen-bond acceptors (Lipinski definition) is 4. The lowest BCUT2D eigenvalue weighted by Gasteiger charge is -2.33. The summed E-state index contributed by atoms with van der Waals surface area (Å²) in [5.41, 5.74) is 0.614. The molecule has 2 aromatic rings. The molecule has 1 aromatic heterocycles. The Morgan fingerprint density at radius 1 is 1.04 bits per heavy atom. The van der Waals surface area contributed by atoms with Crippen molar-refractivity contribution in [1.29, 1.82) is 0 Å². The summed E-state index contributed by atoms with van der Waals surface area (Å²) in [5, 5.41) is 0. The molecule has 24 heavy (non-hydrogen) atoms. The van der Waals surface area contributed by atoms with Gasteiger partial charge in [-0.15, -0.1) is 11.3 Å². The van der Waals surface area contributed by atoms with E-state index in [0.29, 0.717) is 36.0 Å². The topological polar surface area (TPSA) is 57.7 Å². The highest BCUT2D eigenvalue weighted by atomic mass is 79.9. The van der Waals surface area contributed by atoms with Gasteiger partial charge < -0.3 is 4.90 Å². The predicted octanol–water partition coefficient (Wildman–Crippen LogP) is 2.97. The van der Waals surface area contributed by atoms with Crippen molar-refractivity contribution >= 4 is 43.2 Å². The number of piperazine rings is 1. The molecule has 0 saturated carbocycles. The first-order chi connectivity index (χ1) is 11.4. The molecule has 1 amide bonds. The average Bonchev–Trinajstić information content (AvgIpc) is 3.02. The van der Waals surface area contributed by atoms with Crippen LogP contribution in [-0.4, -0.2) is 49.7 Å². The second-order valence-electron chi connectivity index (χ2n) is 5.57. The van der Waals surface area contributed by atoms with Gasteiger partial charge in [0.25, 0.3) is 15.9 Å². The van der Waals surface area contributed by atoms with Crippen molar-refractivity contribution in [2.75, 3.05) is 26.2 Å². The van der Waals surface area contributed by atoms with E-state index in [4.69, 9.17) is 0 Å². The maximum atomic E-state index is 12.6. The van der Waals surface area contributed by atoms with E-state index in [-0.39, 0.29) is 5.91 Å². The quantitative estimate of drug-likeness (QED) is 0.754. The Labute approximate surface area is 154 Å². The van der Waals surface area contributed by atoms with Crippen LogP contribution in [0.25, 0.3) is 0 Å². The minimum absolute atomic E-state index is 0.0634. The van der Waals surface area contributed by atoms with Crippen LogP contribution in [0.2, 0.25) is 0 Å². The highest BCUT2D eigenvalue weighted by Gasteiger charge is 2.31. The Bertz CT molecular complexity index is 838. The van der Waals surface area contributed by atoms with Gasteiger partial charge in [-0.25, -0.2) is 8.42 Å². The van der Waals surface area contributed by atoms with E-state index in [0.717, 1.165) is 9.35 Å². The van der Waals surface area contributed by atoms with Crippen LogP contribution in [0, 0.1) is 6.92 Å². The van der Waals surface area contributed by atoms with Crippen LogP contribution in [0.15, 0.2) is 45.1 Å². The van der Waals surface area contributed by atoms with Gasteiger partial charge in [0.1, 0.15) is 4.21 Å². The Morgan fingerprint density at radius 3 is 2.21 bits per heavy atom. The van der Waals surface area contributed by atoms with Crippen LogP contribution in [0.1, 0.15) is 15.2 Å². The SMILES string of the molecule is Cc1ccc(S(=O)(=O)N2CCN(C(=O)c3ccc(Br)cc3)CC2)s1. The molecule has 128 valence electrons. The molecule has 1 fully saturated rings. The molecule has 0 aliphatic carbocycles. The number of thiophene rings is 1. The zero-order chi connectivity index (χ0) is 17.3. The lowest BCUT2D eigenvalue weighted by molar-refractivity contribution is 0.0698. The summed E-state index contributed by atoms with van der Waals surface area (Å²) in [7, 11) is -3.45. The zero-order valence-corrected chi connectivity index (χ0v) is 16.3. The molecule has 8 heteroatoms. The number of aryl methyl sites for hydroxylation is 1. The molecule has 0 unspecified atom stereocenters. The highest BCUT2D eigenvalue weighted by molar-refractivity contribution is 9.10. The molecule has 0 atom stereocenters. The van der Waals surface area contributed by atoms with Gasteiger partial charge in [-0.2, -0.15) is 4.31 Å². The second kappa shape index (κ2) is 6.95. The molecule has 1 aromatic carbocycles. The molecule has 0 radical (unpaired) electrons. The summed E-state index contributed by atoms with van der Waals surface area (Å²) >= 11 is 4.63. The van der Waals surface area contributed by atoms with Crippen molar-refractivity contribution in [1.82, 2.24) is 9.21 Å². The number of carbonyl (C=O) groups excluding carboxylic acids is 1. The van der Waals surface area contributed by atoms with E-state index in [9.17, 15) is 13.2 Å². The van der Waals surface area contributed by atoms with E-state index in [2.05, 4.69) is 15.9 Å². The number of amides is 1. The number of nitrogens with zero attached hydrogens (tertiary/aromatic N) is 2. The van der Waals surface area contributed by atoms with Crippen LogP contribution in [0.3, 0.4) is 0 Å². The van der Waals surface area contributed by atoms with E-state index < -0.39 is 10.0 Å². The van der Waals surface area contributed by atoms with Gasteiger partial charge in [-0.1, -0.05) is 15.9 Å². The summed E-state index contributed by atoms with van der Waals surface area (Å²) in [6.45, 7) is 3.33. The Balaban J connectivity index is 1.67. The number of benzene rings is 1. The summed E-state index contributed by atoms with van der Waals surface area (Å²) in [5.74, 6) is -0.0634. The zero-order valence-electron chi connectivity index (χ0n) is 13.1. The molecule has 5 nitrogen and oxygen atoms in total. The number of halogens is 1. The molecule has 3 rings (SSSR count). The van der Waals surface area contributed by atoms with Crippen molar-refractivity contribution in [2.24, 2.45) is 0 Å². The normalized spacial score (nSPS) is 16.3. The smallest absolute Gasteiger partial charge is 0.253 e. The molecule has 1 aliphatic rings. The molecule has 0 N–H and O–H groups in total. The van der Waals surface area contributed by atoms with Crippen LogP contribution < -0.4 is 0 Å². The van der Waals surface area contributed by atoms with E-state index in [1.165, 1.54) is 15.6 Å². The molecular weight excluding hydrogens is 412 g/mol. The standard InChI is InChI=1S/C16H17BrN2O3S2/c1-12-2-7-15(23-12)24(21,22)19-10-8-18(9-11-19)16(20)13-3-5-14(17)6-4-13/h2-7H,8-11H2,1H3. The number of hydrogen-bond donors (Lipinski definition) is 0. The summed E-state index contributed by atoms with van der Waals surface area (Å²) in [4.78, 5) is 15.2. The van der Waals surface area contributed by atoms with Gasteiger partial charge in [-0.3, -0.25) is 4.79 Å². The first kappa shape index (κ1) is 17.6. The largest absolute Gasteiger partial charge is 0.336 e. The maximum Gasteiger partial charge on any atom is 0.253 e. The van der Waals surface area contributed by atoms with Crippen LogP contribution >= 0.6 is 27.3 Å². The summed E-state index contributed by atoms with van der Waals surface area (Å²) in [6.07, 6.45) is 0. The van der Waals surface area contributed by atoms with Crippen molar-refractivity contribution in [3.8, 4) is 0 Å². The first-order valence-electron chi connectivity index (χ1n) is 7.49. The third-order valence-corrected chi connectivity index (χ3v) is 7.82. The monoisotopic (exact) mass is 428 g/mol. The van der Waals surface area contributed by atoms with Crippen molar-refractivity contribution in [2.45, 2.75) is 11.1 Å². The lowest BCUT2D eigenvalue weighted by atomic mass is 10.2. The van der Waals surface area contributed by atoms with Crippen LogP contribution in [-0.2, 0) is 10.0 Å². The molecule has 1 saturated heterocycles. The van der Waals surface area contributed by atoms with Crippen molar-refractivity contribution in [3.63, 3.8) is 0 Å². The van der Waals surface area contributed by atoms with Crippen molar-refractivity contribution < 1.29 is 13.2 Å². The van der Waals surface area contributed by atoms with Crippen LogP contribution in [0.5, 0.6) is 0 Å².